The zero-order valence-electron chi connectivity index (χ0n) is 15.9. The molecule has 1 atom stereocenters. The summed E-state index contributed by atoms with van der Waals surface area (Å²) in [5, 5.41) is 12.1. The molecule has 0 aliphatic rings. The van der Waals surface area contributed by atoms with Crippen LogP contribution in [-0.4, -0.2) is 10.9 Å². The second-order valence-electron chi connectivity index (χ2n) is 7.19. The van der Waals surface area contributed by atoms with Gasteiger partial charge >= 0.3 is 5.63 Å². The summed E-state index contributed by atoms with van der Waals surface area (Å²) in [6.07, 6.45) is 0.118. The lowest BCUT2D eigenvalue weighted by molar-refractivity contribution is -0.116. The Bertz CT molecular complexity index is 1280. The van der Waals surface area contributed by atoms with Crippen LogP contribution in [0.5, 0.6) is 5.75 Å². The van der Waals surface area contributed by atoms with Gasteiger partial charge in [-0.25, -0.2) is 4.79 Å². The average Bonchev–Trinajstić information content (AvgIpc) is 2.97. The van der Waals surface area contributed by atoms with Crippen molar-refractivity contribution in [1.29, 1.82) is 0 Å². The molecule has 4 rings (SSSR count). The van der Waals surface area contributed by atoms with Crippen molar-refractivity contribution in [3.8, 4) is 5.75 Å². The highest BCUT2D eigenvalue weighted by Crippen LogP contribution is 2.40. The molecule has 2 aromatic heterocycles. The Kier molecular flexibility index (Phi) is 4.30. The Morgan fingerprint density at radius 1 is 1.04 bits per heavy atom. The first kappa shape index (κ1) is 18.0. The van der Waals surface area contributed by atoms with E-state index in [1.165, 1.54) is 6.92 Å². The van der Waals surface area contributed by atoms with Gasteiger partial charge < -0.3 is 13.9 Å². The molecule has 28 heavy (non-hydrogen) atoms. The van der Waals surface area contributed by atoms with Crippen molar-refractivity contribution in [2.24, 2.45) is 0 Å². The summed E-state index contributed by atoms with van der Waals surface area (Å²) in [7, 11) is 0. The third-order valence-corrected chi connectivity index (χ3v) is 5.05. The Morgan fingerprint density at radius 3 is 2.50 bits per heavy atom. The molecule has 1 unspecified atom stereocenters. The van der Waals surface area contributed by atoms with Crippen LogP contribution >= 0.6 is 0 Å². The monoisotopic (exact) mass is 376 g/mol. The maximum atomic E-state index is 12.7. The normalized spacial score (nSPS) is 12.5. The number of carbonyl (C=O) groups is 1. The molecule has 0 bridgehead atoms. The Hall–Kier alpha value is -3.34. The van der Waals surface area contributed by atoms with E-state index in [0.29, 0.717) is 22.3 Å². The molecule has 0 spiro atoms. The fourth-order valence-electron chi connectivity index (χ4n) is 3.79. The van der Waals surface area contributed by atoms with Gasteiger partial charge in [0.1, 0.15) is 28.5 Å². The third-order valence-electron chi connectivity index (χ3n) is 5.05. The fraction of sp³-hybridized carbons (Fsp3) is 0.217. The van der Waals surface area contributed by atoms with Crippen LogP contribution in [0.2, 0.25) is 0 Å². The van der Waals surface area contributed by atoms with Gasteiger partial charge in [-0.05, 0) is 38.1 Å². The summed E-state index contributed by atoms with van der Waals surface area (Å²) in [5.41, 5.74) is 2.30. The number of Topliss-reactive ketones (excluding diaryl/α,β-unsaturated/α-hetero) is 1. The number of para-hydroxylation sites is 1. The number of furan rings is 1. The summed E-state index contributed by atoms with van der Waals surface area (Å²) in [4.78, 5) is 24.5. The molecule has 4 aromatic rings. The average molecular weight is 376 g/mol. The quantitative estimate of drug-likeness (QED) is 0.516. The lowest BCUT2D eigenvalue weighted by Crippen LogP contribution is -2.13. The van der Waals surface area contributed by atoms with Crippen LogP contribution < -0.4 is 5.63 Å². The van der Waals surface area contributed by atoms with Crippen LogP contribution in [0, 0.1) is 6.92 Å². The van der Waals surface area contributed by atoms with E-state index in [0.717, 1.165) is 16.5 Å². The summed E-state index contributed by atoms with van der Waals surface area (Å²) < 4.78 is 11.4. The lowest BCUT2D eigenvalue weighted by atomic mass is 9.89. The number of benzene rings is 2. The second kappa shape index (κ2) is 6.68. The Morgan fingerprint density at radius 2 is 1.75 bits per heavy atom. The van der Waals surface area contributed by atoms with Crippen LogP contribution in [0.25, 0.3) is 21.9 Å². The molecule has 2 aromatic carbocycles. The molecule has 0 amide bonds. The van der Waals surface area contributed by atoms with Crippen molar-refractivity contribution in [3.63, 3.8) is 0 Å². The number of hydrogen-bond acceptors (Lipinski definition) is 5. The summed E-state index contributed by atoms with van der Waals surface area (Å²) in [6.45, 7) is 5.28. The van der Waals surface area contributed by atoms with Crippen molar-refractivity contribution in [2.45, 2.75) is 33.1 Å². The van der Waals surface area contributed by atoms with E-state index in [2.05, 4.69) is 0 Å². The Labute approximate surface area is 161 Å². The second-order valence-corrected chi connectivity index (χ2v) is 7.19. The van der Waals surface area contributed by atoms with E-state index in [-0.39, 0.29) is 23.5 Å². The van der Waals surface area contributed by atoms with E-state index >= 15 is 0 Å². The van der Waals surface area contributed by atoms with Gasteiger partial charge in [-0.2, -0.15) is 0 Å². The molecule has 0 saturated carbocycles. The van der Waals surface area contributed by atoms with Gasteiger partial charge in [-0.1, -0.05) is 30.7 Å². The number of carbonyl (C=O) groups excluding carboxylic acids is 1. The number of aromatic hydroxyl groups is 1. The van der Waals surface area contributed by atoms with Gasteiger partial charge in [0, 0.05) is 16.9 Å². The molecule has 5 nitrogen and oxygen atoms in total. The van der Waals surface area contributed by atoms with Gasteiger partial charge in [0.2, 0.25) is 0 Å². The van der Waals surface area contributed by atoms with E-state index < -0.39 is 11.5 Å². The standard InChI is InChI=1S/C23H20O5/c1-12-8-9-18-16(10-12)20(19(27-18)11-13(2)24)14(3)21-22(25)15-6-4-5-7-17(15)28-23(21)26/h4-10,14,25H,11H2,1-3H3. The highest BCUT2D eigenvalue weighted by molar-refractivity contribution is 5.88. The molecule has 2 heterocycles. The van der Waals surface area contributed by atoms with Crippen molar-refractivity contribution < 1.29 is 18.7 Å². The Balaban J connectivity index is 2.00. The minimum absolute atomic E-state index is 0.0426. The highest BCUT2D eigenvalue weighted by atomic mass is 16.4. The molecule has 0 fully saturated rings. The maximum absolute atomic E-state index is 12.7. The minimum Gasteiger partial charge on any atom is -0.507 e. The minimum atomic E-state index is -0.598. The number of hydrogen-bond donors (Lipinski definition) is 1. The zero-order valence-corrected chi connectivity index (χ0v) is 15.9. The number of rotatable bonds is 4. The molecule has 0 radical (unpaired) electrons. The molecular weight excluding hydrogens is 356 g/mol. The van der Waals surface area contributed by atoms with Crippen molar-refractivity contribution in [2.75, 3.05) is 0 Å². The lowest BCUT2D eigenvalue weighted by Gasteiger charge is -2.14. The molecule has 0 aliphatic heterocycles. The van der Waals surface area contributed by atoms with E-state index in [9.17, 15) is 14.7 Å². The van der Waals surface area contributed by atoms with E-state index in [4.69, 9.17) is 8.83 Å². The maximum Gasteiger partial charge on any atom is 0.343 e. The predicted octanol–water partition coefficient (Wildman–Crippen LogP) is 4.84. The molecule has 0 aliphatic carbocycles. The van der Waals surface area contributed by atoms with Crippen LogP contribution in [0.1, 0.15) is 42.2 Å². The van der Waals surface area contributed by atoms with Crippen LogP contribution in [0.3, 0.4) is 0 Å². The van der Waals surface area contributed by atoms with E-state index in [1.807, 2.05) is 32.0 Å². The van der Waals surface area contributed by atoms with Gasteiger partial charge in [-0.3, -0.25) is 4.79 Å². The first-order valence-electron chi connectivity index (χ1n) is 9.13. The van der Waals surface area contributed by atoms with Crippen molar-refractivity contribution in [3.05, 3.63) is 75.3 Å². The van der Waals surface area contributed by atoms with Crippen LogP contribution in [-0.2, 0) is 11.2 Å². The van der Waals surface area contributed by atoms with Crippen LogP contribution in [0.4, 0.5) is 0 Å². The summed E-state index contributed by atoms with van der Waals surface area (Å²) in [5.74, 6) is -0.153. The van der Waals surface area contributed by atoms with Gasteiger partial charge in [0.15, 0.2) is 0 Å². The first-order valence-corrected chi connectivity index (χ1v) is 9.13. The molecular formula is C23H20O5. The fourth-order valence-corrected chi connectivity index (χ4v) is 3.79. The molecule has 1 N–H and O–H groups in total. The number of ketones is 1. The molecule has 5 heteroatoms. The van der Waals surface area contributed by atoms with Gasteiger partial charge in [0.25, 0.3) is 0 Å². The topological polar surface area (TPSA) is 80.7 Å². The van der Waals surface area contributed by atoms with Gasteiger partial charge in [0.05, 0.1) is 17.4 Å². The molecule has 142 valence electrons. The molecule has 0 saturated heterocycles. The first-order chi connectivity index (χ1) is 13.4. The smallest absolute Gasteiger partial charge is 0.343 e. The van der Waals surface area contributed by atoms with Crippen molar-refractivity contribution in [1.82, 2.24) is 0 Å². The SMILES string of the molecule is CC(=O)Cc1oc2ccc(C)cc2c1C(C)c1c(O)c2ccccc2oc1=O. The van der Waals surface area contributed by atoms with Gasteiger partial charge in [-0.15, -0.1) is 0 Å². The predicted molar refractivity (Wildman–Crippen MR) is 107 cm³/mol. The highest BCUT2D eigenvalue weighted by Gasteiger charge is 2.27. The summed E-state index contributed by atoms with van der Waals surface area (Å²) in [6, 6.07) is 12.6. The van der Waals surface area contributed by atoms with E-state index in [1.54, 1.807) is 24.3 Å². The zero-order chi connectivity index (χ0) is 20.0. The number of aryl methyl sites for hydroxylation is 1. The third kappa shape index (κ3) is 2.89. The number of fused-ring (bicyclic) bond motifs is 2. The van der Waals surface area contributed by atoms with Crippen molar-refractivity contribution >= 4 is 27.7 Å². The largest absolute Gasteiger partial charge is 0.507 e. The van der Waals surface area contributed by atoms with Crippen LogP contribution in [0.15, 0.2) is 56.1 Å². The summed E-state index contributed by atoms with van der Waals surface area (Å²) >= 11 is 0.